The van der Waals surface area contributed by atoms with Crippen molar-refractivity contribution in [3.8, 4) is 0 Å². The molecule has 0 spiro atoms. The molecule has 1 N–H and O–H groups in total. The van der Waals surface area contributed by atoms with E-state index in [2.05, 4.69) is 15.0 Å². The summed E-state index contributed by atoms with van der Waals surface area (Å²) in [6, 6.07) is 1.34. The van der Waals surface area contributed by atoms with Crippen LogP contribution in [0.15, 0.2) is 22.2 Å². The summed E-state index contributed by atoms with van der Waals surface area (Å²) in [7, 11) is 0. The number of H-pyrrole nitrogens is 1. The quantitative estimate of drug-likeness (QED) is 0.693. The molecule has 2 heterocycles. The molecule has 116 valence electrons. The highest BCUT2D eigenvalue weighted by molar-refractivity contribution is 7.98. The third kappa shape index (κ3) is 2.90. The van der Waals surface area contributed by atoms with Gasteiger partial charge in [0.2, 0.25) is 0 Å². The number of hydrogen-bond acceptors (Lipinski definition) is 4. The minimum atomic E-state index is -2.54. The van der Waals surface area contributed by atoms with E-state index in [4.69, 9.17) is 0 Å². The molecule has 0 fully saturated rings. The van der Waals surface area contributed by atoms with Crippen LogP contribution in [0, 0.1) is 6.92 Å². The van der Waals surface area contributed by atoms with E-state index in [1.807, 2.05) is 0 Å². The van der Waals surface area contributed by atoms with Crippen molar-refractivity contribution in [1.82, 2.24) is 15.0 Å². The Morgan fingerprint density at radius 3 is 3.00 bits per heavy atom. The molecule has 7 heteroatoms. The Bertz CT molecular complexity index is 761. The van der Waals surface area contributed by atoms with Crippen LogP contribution in [0.3, 0.4) is 0 Å². The molecule has 0 aromatic carbocycles. The van der Waals surface area contributed by atoms with Crippen LogP contribution in [-0.4, -0.2) is 15.0 Å². The first-order valence-corrected chi connectivity index (χ1v) is 8.02. The molecular weight excluding hydrogens is 308 g/mol. The number of aromatic nitrogens is 3. The number of nitrogens with one attached hydrogen (secondary N) is 1. The molecule has 0 atom stereocenters. The molecule has 0 saturated carbocycles. The predicted octanol–water partition coefficient (Wildman–Crippen LogP) is 3.19. The zero-order chi connectivity index (χ0) is 15.7. The Morgan fingerprint density at radius 2 is 2.23 bits per heavy atom. The number of pyridine rings is 1. The standard InChI is InChI=1S/C15H15F2N3OS/c1-8-11(9(13(16)17)5-6-18-8)7-22-15-19-12-4-2-3-10(12)14(21)20-15/h5-6,13H,2-4,7H2,1H3,(H,19,20,21). The second-order valence-corrected chi connectivity index (χ2v) is 6.17. The summed E-state index contributed by atoms with van der Waals surface area (Å²) in [5.74, 6) is 0.307. The van der Waals surface area contributed by atoms with E-state index in [0.717, 1.165) is 30.5 Å². The number of hydrogen-bond donors (Lipinski definition) is 1. The van der Waals surface area contributed by atoms with Gasteiger partial charge in [0.05, 0.1) is 5.69 Å². The molecule has 2 aromatic rings. The van der Waals surface area contributed by atoms with Crippen LogP contribution in [0.25, 0.3) is 0 Å². The third-order valence-electron chi connectivity index (χ3n) is 3.82. The van der Waals surface area contributed by atoms with Crippen LogP contribution in [0.4, 0.5) is 8.78 Å². The lowest BCUT2D eigenvalue weighted by atomic mass is 10.1. The van der Waals surface area contributed by atoms with Crippen molar-refractivity contribution in [2.24, 2.45) is 0 Å². The maximum absolute atomic E-state index is 13.1. The van der Waals surface area contributed by atoms with Gasteiger partial charge in [-0.2, -0.15) is 0 Å². The van der Waals surface area contributed by atoms with Crippen molar-refractivity contribution in [3.05, 3.63) is 50.7 Å². The highest BCUT2D eigenvalue weighted by atomic mass is 32.2. The first kappa shape index (κ1) is 15.1. The Kier molecular flexibility index (Phi) is 4.24. The number of aromatic amines is 1. The monoisotopic (exact) mass is 323 g/mol. The van der Waals surface area contributed by atoms with Crippen LogP contribution in [-0.2, 0) is 18.6 Å². The Morgan fingerprint density at radius 1 is 1.41 bits per heavy atom. The number of alkyl halides is 2. The zero-order valence-electron chi connectivity index (χ0n) is 12.0. The largest absolute Gasteiger partial charge is 0.301 e. The Labute approximate surface area is 130 Å². The molecule has 0 amide bonds. The van der Waals surface area contributed by atoms with Crippen LogP contribution in [0.2, 0.25) is 0 Å². The van der Waals surface area contributed by atoms with Gasteiger partial charge in [-0.3, -0.25) is 9.78 Å². The molecule has 0 bridgehead atoms. The molecule has 0 aliphatic heterocycles. The van der Waals surface area contributed by atoms with Crippen molar-refractivity contribution in [3.63, 3.8) is 0 Å². The summed E-state index contributed by atoms with van der Waals surface area (Å²) < 4.78 is 26.1. The minimum Gasteiger partial charge on any atom is -0.301 e. The van der Waals surface area contributed by atoms with Gasteiger partial charge in [0.15, 0.2) is 5.16 Å². The highest BCUT2D eigenvalue weighted by Gasteiger charge is 2.19. The van der Waals surface area contributed by atoms with Crippen LogP contribution < -0.4 is 5.56 Å². The van der Waals surface area contributed by atoms with Gasteiger partial charge in [0.1, 0.15) is 0 Å². The van der Waals surface area contributed by atoms with Gasteiger partial charge < -0.3 is 4.98 Å². The van der Waals surface area contributed by atoms with E-state index >= 15 is 0 Å². The van der Waals surface area contributed by atoms with Gasteiger partial charge in [0.25, 0.3) is 12.0 Å². The maximum Gasteiger partial charge on any atom is 0.264 e. The lowest BCUT2D eigenvalue weighted by Gasteiger charge is -2.11. The number of rotatable bonds is 4. The predicted molar refractivity (Wildman–Crippen MR) is 80.4 cm³/mol. The van der Waals surface area contributed by atoms with Gasteiger partial charge in [-0.25, -0.2) is 13.8 Å². The topological polar surface area (TPSA) is 58.6 Å². The van der Waals surface area contributed by atoms with Crippen molar-refractivity contribution in [2.75, 3.05) is 0 Å². The average Bonchev–Trinajstić information content (AvgIpc) is 2.94. The van der Waals surface area contributed by atoms with Crippen molar-refractivity contribution < 1.29 is 8.78 Å². The Balaban J connectivity index is 1.85. The Hall–Kier alpha value is -1.76. The second-order valence-electron chi connectivity index (χ2n) is 5.20. The van der Waals surface area contributed by atoms with E-state index in [0.29, 0.717) is 22.2 Å². The number of halogens is 2. The summed E-state index contributed by atoms with van der Waals surface area (Å²) in [6.45, 7) is 1.71. The third-order valence-corrected chi connectivity index (χ3v) is 4.72. The fraction of sp³-hybridized carbons (Fsp3) is 0.400. The highest BCUT2D eigenvalue weighted by Crippen LogP contribution is 2.29. The molecule has 2 aromatic heterocycles. The van der Waals surface area contributed by atoms with Gasteiger partial charge in [-0.1, -0.05) is 11.8 Å². The fourth-order valence-electron chi connectivity index (χ4n) is 2.64. The molecule has 1 aliphatic carbocycles. The molecule has 3 rings (SSSR count). The summed E-state index contributed by atoms with van der Waals surface area (Å²) in [5, 5.41) is 0.481. The van der Waals surface area contributed by atoms with E-state index < -0.39 is 6.43 Å². The number of thioether (sulfide) groups is 1. The number of aryl methyl sites for hydroxylation is 2. The van der Waals surface area contributed by atoms with Gasteiger partial charge >= 0.3 is 0 Å². The van der Waals surface area contributed by atoms with Crippen molar-refractivity contribution >= 4 is 11.8 Å². The van der Waals surface area contributed by atoms with Gasteiger partial charge in [-0.05, 0) is 37.8 Å². The number of fused-ring (bicyclic) bond motifs is 1. The van der Waals surface area contributed by atoms with E-state index in [9.17, 15) is 13.6 Å². The average molecular weight is 323 g/mol. The van der Waals surface area contributed by atoms with Crippen molar-refractivity contribution in [1.29, 1.82) is 0 Å². The molecule has 4 nitrogen and oxygen atoms in total. The lowest BCUT2D eigenvalue weighted by molar-refractivity contribution is 0.150. The van der Waals surface area contributed by atoms with Crippen LogP contribution in [0.1, 0.15) is 40.9 Å². The second kappa shape index (κ2) is 6.16. The van der Waals surface area contributed by atoms with E-state index in [1.54, 1.807) is 6.92 Å². The first-order valence-electron chi connectivity index (χ1n) is 7.03. The first-order chi connectivity index (χ1) is 10.6. The lowest BCUT2D eigenvalue weighted by Crippen LogP contribution is -2.15. The fourth-order valence-corrected chi connectivity index (χ4v) is 3.63. The summed E-state index contributed by atoms with van der Waals surface area (Å²) in [4.78, 5) is 23.2. The normalized spacial score (nSPS) is 13.6. The SMILES string of the molecule is Cc1nccc(C(F)F)c1CSc1nc2c(c(=O)[nH]1)CCC2. The molecule has 0 unspecified atom stereocenters. The zero-order valence-corrected chi connectivity index (χ0v) is 12.8. The molecule has 22 heavy (non-hydrogen) atoms. The molecular formula is C15H15F2N3OS. The van der Waals surface area contributed by atoms with Gasteiger partial charge in [-0.15, -0.1) is 0 Å². The smallest absolute Gasteiger partial charge is 0.264 e. The van der Waals surface area contributed by atoms with Crippen molar-refractivity contribution in [2.45, 2.75) is 43.5 Å². The minimum absolute atomic E-state index is 0.0106. The summed E-state index contributed by atoms with van der Waals surface area (Å²) in [6.07, 6.45) is 1.36. The van der Waals surface area contributed by atoms with Gasteiger partial charge in [0, 0.05) is 28.8 Å². The number of nitrogens with zero attached hydrogens (tertiary/aromatic N) is 2. The van der Waals surface area contributed by atoms with E-state index in [-0.39, 0.29) is 11.1 Å². The van der Waals surface area contributed by atoms with E-state index in [1.165, 1.54) is 24.0 Å². The molecule has 0 radical (unpaired) electrons. The van der Waals surface area contributed by atoms with Crippen LogP contribution >= 0.6 is 11.8 Å². The summed E-state index contributed by atoms with van der Waals surface area (Å²) >= 11 is 1.26. The maximum atomic E-state index is 13.1. The van der Waals surface area contributed by atoms with Crippen LogP contribution in [0.5, 0.6) is 0 Å². The summed E-state index contributed by atoms with van der Waals surface area (Å²) in [5.41, 5.74) is 2.56. The molecule has 1 aliphatic rings. The molecule has 0 saturated heterocycles.